The van der Waals surface area contributed by atoms with E-state index in [9.17, 15) is 18.0 Å². The summed E-state index contributed by atoms with van der Waals surface area (Å²) in [5.74, 6) is -0.450. The number of hydrogen-bond donors (Lipinski definition) is 1. The van der Waals surface area contributed by atoms with Crippen molar-refractivity contribution in [2.75, 3.05) is 5.73 Å². The number of carbonyl (C=O) groups is 1. The summed E-state index contributed by atoms with van der Waals surface area (Å²) in [5, 5.41) is 0. The van der Waals surface area contributed by atoms with Crippen LogP contribution in [0.4, 0.5) is 18.9 Å². The van der Waals surface area contributed by atoms with Crippen molar-refractivity contribution in [3.63, 3.8) is 0 Å². The van der Waals surface area contributed by atoms with E-state index in [1.54, 1.807) is 19.1 Å². The fraction of sp³-hybridized carbons (Fsp3) is 0.133. The number of aryl methyl sites for hydroxylation is 1. The van der Waals surface area contributed by atoms with Gasteiger partial charge in [-0.3, -0.25) is 4.79 Å². The third kappa shape index (κ3) is 2.82. The molecule has 5 heteroatoms. The quantitative estimate of drug-likeness (QED) is 0.670. The lowest BCUT2D eigenvalue weighted by Gasteiger charge is -2.09. The molecule has 0 bridgehead atoms. The van der Waals surface area contributed by atoms with Gasteiger partial charge in [0.1, 0.15) is 0 Å². The lowest BCUT2D eigenvalue weighted by atomic mass is 9.97. The number of hydrogen-bond acceptors (Lipinski definition) is 2. The van der Waals surface area contributed by atoms with Gasteiger partial charge in [0.2, 0.25) is 0 Å². The Labute approximate surface area is 114 Å². The van der Waals surface area contributed by atoms with Gasteiger partial charge in [0.15, 0.2) is 5.78 Å². The smallest absolute Gasteiger partial charge is 0.399 e. The zero-order chi connectivity index (χ0) is 14.9. The summed E-state index contributed by atoms with van der Waals surface area (Å²) in [5.41, 5.74) is 6.24. The molecule has 0 unspecified atom stereocenters. The van der Waals surface area contributed by atoms with Crippen LogP contribution in [0.25, 0.3) is 0 Å². The molecule has 0 heterocycles. The summed E-state index contributed by atoms with van der Waals surface area (Å²) >= 11 is 0. The molecular formula is C15H12F3NO. The van der Waals surface area contributed by atoms with Crippen molar-refractivity contribution < 1.29 is 18.0 Å². The van der Waals surface area contributed by atoms with Gasteiger partial charge in [0.05, 0.1) is 5.56 Å². The summed E-state index contributed by atoms with van der Waals surface area (Å²) in [6, 6.07) is 9.07. The van der Waals surface area contributed by atoms with Crippen molar-refractivity contribution in [2.45, 2.75) is 13.1 Å². The number of rotatable bonds is 2. The van der Waals surface area contributed by atoms with Gasteiger partial charge in [-0.05, 0) is 42.8 Å². The average Bonchev–Trinajstić information content (AvgIpc) is 2.37. The number of nitrogen functional groups attached to an aromatic ring is 1. The molecule has 0 saturated carbocycles. The van der Waals surface area contributed by atoms with E-state index in [-0.39, 0.29) is 5.56 Å². The molecule has 0 aliphatic rings. The molecule has 0 spiro atoms. The minimum absolute atomic E-state index is 0.00713. The first-order chi connectivity index (χ1) is 9.29. The lowest BCUT2D eigenvalue weighted by Crippen LogP contribution is -2.09. The summed E-state index contributed by atoms with van der Waals surface area (Å²) < 4.78 is 37.9. The molecule has 2 N–H and O–H groups in total. The van der Waals surface area contributed by atoms with Gasteiger partial charge in [-0.15, -0.1) is 0 Å². The van der Waals surface area contributed by atoms with E-state index in [2.05, 4.69) is 0 Å². The normalized spacial score (nSPS) is 11.4. The molecule has 0 aromatic heterocycles. The number of nitrogens with two attached hydrogens (primary N) is 1. The second-order valence-corrected chi connectivity index (χ2v) is 4.48. The van der Waals surface area contributed by atoms with E-state index >= 15 is 0 Å². The summed E-state index contributed by atoms with van der Waals surface area (Å²) in [7, 11) is 0. The average molecular weight is 279 g/mol. The third-order valence-corrected chi connectivity index (χ3v) is 2.95. The topological polar surface area (TPSA) is 43.1 Å². The van der Waals surface area contributed by atoms with Crippen LogP contribution in [0.2, 0.25) is 0 Å². The van der Waals surface area contributed by atoms with Crippen LogP contribution in [0, 0.1) is 6.92 Å². The Bertz CT molecular complexity index is 662. The molecule has 0 amide bonds. The third-order valence-electron chi connectivity index (χ3n) is 2.95. The Morgan fingerprint density at radius 2 is 1.80 bits per heavy atom. The van der Waals surface area contributed by atoms with Crippen molar-refractivity contribution in [1.29, 1.82) is 0 Å². The predicted molar refractivity (Wildman–Crippen MR) is 70.5 cm³/mol. The number of ketones is 1. The Hall–Kier alpha value is -2.30. The molecule has 0 aliphatic carbocycles. The largest absolute Gasteiger partial charge is 0.416 e. The maximum absolute atomic E-state index is 12.6. The van der Waals surface area contributed by atoms with Gasteiger partial charge >= 0.3 is 6.18 Å². The Morgan fingerprint density at radius 3 is 2.40 bits per heavy atom. The predicted octanol–water partition coefficient (Wildman–Crippen LogP) is 3.83. The Morgan fingerprint density at radius 1 is 1.10 bits per heavy atom. The highest BCUT2D eigenvalue weighted by atomic mass is 19.4. The Balaban J connectivity index is 2.44. The zero-order valence-corrected chi connectivity index (χ0v) is 10.7. The first-order valence-electron chi connectivity index (χ1n) is 5.87. The van der Waals surface area contributed by atoms with Gasteiger partial charge in [0.25, 0.3) is 0 Å². The second-order valence-electron chi connectivity index (χ2n) is 4.48. The molecular weight excluding hydrogens is 267 g/mol. The minimum Gasteiger partial charge on any atom is -0.399 e. The van der Waals surface area contributed by atoms with Gasteiger partial charge in [-0.25, -0.2) is 0 Å². The summed E-state index contributed by atoms with van der Waals surface area (Å²) in [6.07, 6.45) is -4.47. The van der Waals surface area contributed by atoms with Crippen LogP contribution >= 0.6 is 0 Å². The molecule has 20 heavy (non-hydrogen) atoms. The number of alkyl halides is 3. The number of halogens is 3. The molecule has 0 saturated heterocycles. The molecule has 104 valence electrons. The molecule has 0 fully saturated rings. The second kappa shape index (κ2) is 5.00. The summed E-state index contributed by atoms with van der Waals surface area (Å²) in [4.78, 5) is 12.2. The molecule has 0 atom stereocenters. The van der Waals surface area contributed by atoms with Gasteiger partial charge in [-0.1, -0.05) is 12.1 Å². The maximum atomic E-state index is 12.6. The highest BCUT2D eigenvalue weighted by molar-refractivity contribution is 6.10. The first-order valence-corrected chi connectivity index (χ1v) is 5.87. The SMILES string of the molecule is Cc1cc(N)ccc1C(=O)c1cccc(C(F)(F)F)c1. The van der Waals surface area contributed by atoms with Crippen molar-refractivity contribution in [1.82, 2.24) is 0 Å². The fourth-order valence-corrected chi connectivity index (χ4v) is 1.93. The van der Waals surface area contributed by atoms with Crippen molar-refractivity contribution in [3.05, 3.63) is 64.7 Å². The summed E-state index contributed by atoms with van der Waals surface area (Å²) in [6.45, 7) is 1.69. The number of anilines is 1. The Kier molecular flexibility index (Phi) is 3.53. The monoisotopic (exact) mass is 279 g/mol. The van der Waals surface area contributed by atoms with Crippen LogP contribution in [-0.2, 0) is 6.18 Å². The van der Waals surface area contributed by atoms with Gasteiger partial charge < -0.3 is 5.73 Å². The van der Waals surface area contributed by atoms with Crippen LogP contribution in [0.15, 0.2) is 42.5 Å². The van der Waals surface area contributed by atoms with Crippen molar-refractivity contribution in [2.24, 2.45) is 0 Å². The van der Waals surface area contributed by atoms with E-state index in [0.29, 0.717) is 16.8 Å². The van der Waals surface area contributed by atoms with Crippen LogP contribution in [0.1, 0.15) is 27.0 Å². The highest BCUT2D eigenvalue weighted by Crippen LogP contribution is 2.30. The first kappa shape index (κ1) is 14.1. The maximum Gasteiger partial charge on any atom is 0.416 e. The fourth-order valence-electron chi connectivity index (χ4n) is 1.93. The van der Waals surface area contributed by atoms with E-state index in [0.717, 1.165) is 12.1 Å². The van der Waals surface area contributed by atoms with Gasteiger partial charge in [-0.2, -0.15) is 13.2 Å². The number of carbonyl (C=O) groups excluding carboxylic acids is 1. The van der Waals surface area contributed by atoms with Crippen molar-refractivity contribution in [3.8, 4) is 0 Å². The molecule has 0 radical (unpaired) electrons. The molecule has 0 aliphatic heterocycles. The van der Waals surface area contributed by atoms with E-state index < -0.39 is 17.5 Å². The van der Waals surface area contributed by atoms with Crippen molar-refractivity contribution >= 4 is 11.5 Å². The standard InChI is InChI=1S/C15H12F3NO/c1-9-7-12(19)5-6-13(9)14(20)10-3-2-4-11(8-10)15(16,17)18/h2-8H,19H2,1H3. The van der Waals surface area contributed by atoms with E-state index in [4.69, 9.17) is 5.73 Å². The molecule has 2 nitrogen and oxygen atoms in total. The molecule has 2 rings (SSSR count). The minimum atomic E-state index is -4.47. The van der Waals surface area contributed by atoms with Crippen LogP contribution in [0.5, 0.6) is 0 Å². The van der Waals surface area contributed by atoms with Crippen LogP contribution in [0.3, 0.4) is 0 Å². The zero-order valence-electron chi connectivity index (χ0n) is 10.7. The number of benzene rings is 2. The lowest BCUT2D eigenvalue weighted by molar-refractivity contribution is -0.137. The van der Waals surface area contributed by atoms with Gasteiger partial charge in [0, 0.05) is 16.8 Å². The van der Waals surface area contributed by atoms with Crippen LogP contribution in [-0.4, -0.2) is 5.78 Å². The highest BCUT2D eigenvalue weighted by Gasteiger charge is 2.31. The molecule has 2 aromatic carbocycles. The van der Waals surface area contributed by atoms with E-state index in [1.807, 2.05) is 0 Å². The molecule has 2 aromatic rings. The van der Waals surface area contributed by atoms with Crippen LogP contribution < -0.4 is 5.73 Å². The van der Waals surface area contributed by atoms with E-state index in [1.165, 1.54) is 18.2 Å².